The second kappa shape index (κ2) is 6.40. The minimum absolute atomic E-state index is 0.229. The van der Waals surface area contributed by atoms with Gasteiger partial charge in [0.2, 0.25) is 0 Å². The van der Waals surface area contributed by atoms with Crippen molar-refractivity contribution in [3.05, 3.63) is 53.1 Å². The molecule has 5 heteroatoms. The van der Waals surface area contributed by atoms with E-state index >= 15 is 0 Å². The molecule has 0 amide bonds. The molecule has 0 saturated heterocycles. The van der Waals surface area contributed by atoms with Crippen molar-refractivity contribution in [2.75, 3.05) is 11.3 Å². The summed E-state index contributed by atoms with van der Waals surface area (Å²) in [5.74, 6) is 0.702. The van der Waals surface area contributed by atoms with E-state index in [1.54, 1.807) is 18.2 Å². The number of nitrogens with one attached hydrogen (secondary N) is 1. The zero-order valence-corrected chi connectivity index (χ0v) is 14.1. The van der Waals surface area contributed by atoms with Gasteiger partial charge >= 0.3 is 0 Å². The highest BCUT2D eigenvalue weighted by Gasteiger charge is 2.16. The smallest absolute Gasteiger partial charge is 0.261 e. The van der Waals surface area contributed by atoms with E-state index in [1.807, 2.05) is 45.9 Å². The number of aryl methyl sites for hydroxylation is 3. The summed E-state index contributed by atoms with van der Waals surface area (Å²) in [5, 5.41) is 0. The zero-order chi connectivity index (χ0) is 16.3. The Bertz CT molecular complexity index is 762. The highest BCUT2D eigenvalue weighted by molar-refractivity contribution is 7.92. The van der Waals surface area contributed by atoms with Gasteiger partial charge in [0.25, 0.3) is 10.0 Å². The van der Waals surface area contributed by atoms with Crippen LogP contribution in [0.5, 0.6) is 5.75 Å². The Morgan fingerprint density at radius 2 is 1.64 bits per heavy atom. The molecule has 1 N–H and O–H groups in total. The molecule has 0 aliphatic rings. The van der Waals surface area contributed by atoms with Crippen molar-refractivity contribution in [3.8, 4) is 5.75 Å². The largest absolute Gasteiger partial charge is 0.494 e. The molecule has 0 aliphatic carbocycles. The van der Waals surface area contributed by atoms with E-state index in [4.69, 9.17) is 4.74 Å². The van der Waals surface area contributed by atoms with Crippen molar-refractivity contribution >= 4 is 15.7 Å². The van der Waals surface area contributed by atoms with Crippen LogP contribution in [0.15, 0.2) is 41.3 Å². The van der Waals surface area contributed by atoms with Gasteiger partial charge in [-0.25, -0.2) is 8.42 Å². The fourth-order valence-electron chi connectivity index (χ4n) is 2.35. The Kier molecular flexibility index (Phi) is 4.76. The zero-order valence-electron chi connectivity index (χ0n) is 13.3. The molecule has 0 spiro atoms. The number of ether oxygens (including phenoxy) is 1. The van der Waals surface area contributed by atoms with E-state index < -0.39 is 10.0 Å². The minimum atomic E-state index is -3.61. The van der Waals surface area contributed by atoms with Crippen LogP contribution in [0.4, 0.5) is 5.69 Å². The third kappa shape index (κ3) is 3.80. The molecule has 0 bridgehead atoms. The lowest BCUT2D eigenvalue weighted by Crippen LogP contribution is -2.13. The lowest BCUT2D eigenvalue weighted by molar-refractivity contribution is 0.337. The quantitative estimate of drug-likeness (QED) is 0.911. The summed E-state index contributed by atoms with van der Waals surface area (Å²) >= 11 is 0. The minimum Gasteiger partial charge on any atom is -0.494 e. The van der Waals surface area contributed by atoms with Crippen LogP contribution in [-0.2, 0) is 10.0 Å². The molecule has 2 rings (SSSR count). The van der Waals surface area contributed by atoms with Gasteiger partial charge in [-0.1, -0.05) is 6.07 Å². The summed E-state index contributed by atoms with van der Waals surface area (Å²) in [6, 6.07) is 10.5. The first-order valence-corrected chi connectivity index (χ1v) is 8.64. The number of hydrogen-bond donors (Lipinski definition) is 1. The van der Waals surface area contributed by atoms with Gasteiger partial charge in [0.15, 0.2) is 0 Å². The molecule has 0 aliphatic heterocycles. The lowest BCUT2D eigenvalue weighted by Gasteiger charge is -2.12. The standard InChI is InChI=1S/C17H21NO3S/c1-5-21-17-7-6-16(11-14(17)4)22(19,20)18-15-9-12(2)8-13(3)10-15/h6-11,18H,5H2,1-4H3. The van der Waals surface area contributed by atoms with Gasteiger partial charge in [-0.05, 0) is 74.7 Å². The van der Waals surface area contributed by atoms with Crippen LogP contribution in [0.1, 0.15) is 23.6 Å². The van der Waals surface area contributed by atoms with Crippen molar-refractivity contribution in [3.63, 3.8) is 0 Å². The van der Waals surface area contributed by atoms with E-state index in [1.165, 1.54) is 0 Å². The number of anilines is 1. The lowest BCUT2D eigenvalue weighted by atomic mass is 10.1. The molecule has 2 aromatic rings. The molecule has 0 fully saturated rings. The normalized spacial score (nSPS) is 11.3. The highest BCUT2D eigenvalue weighted by Crippen LogP contribution is 2.24. The van der Waals surface area contributed by atoms with Gasteiger partial charge < -0.3 is 4.74 Å². The van der Waals surface area contributed by atoms with Crippen LogP contribution in [0.2, 0.25) is 0 Å². The molecule has 0 radical (unpaired) electrons. The van der Waals surface area contributed by atoms with Gasteiger partial charge in [-0.15, -0.1) is 0 Å². The van der Waals surface area contributed by atoms with Crippen LogP contribution in [0, 0.1) is 20.8 Å². The van der Waals surface area contributed by atoms with Gasteiger partial charge in [-0.3, -0.25) is 4.72 Å². The molecule has 22 heavy (non-hydrogen) atoms. The van der Waals surface area contributed by atoms with Crippen LogP contribution < -0.4 is 9.46 Å². The first kappa shape index (κ1) is 16.4. The second-order valence-electron chi connectivity index (χ2n) is 5.34. The SMILES string of the molecule is CCOc1ccc(S(=O)(=O)Nc2cc(C)cc(C)c2)cc1C. The molecule has 0 unspecified atom stereocenters. The fourth-order valence-corrected chi connectivity index (χ4v) is 3.48. The average molecular weight is 319 g/mol. The number of hydrogen-bond acceptors (Lipinski definition) is 3. The Morgan fingerprint density at radius 1 is 1.00 bits per heavy atom. The van der Waals surface area contributed by atoms with E-state index in [9.17, 15) is 8.42 Å². The monoisotopic (exact) mass is 319 g/mol. The Labute approximate surface area is 132 Å². The maximum atomic E-state index is 12.5. The molecule has 0 heterocycles. The average Bonchev–Trinajstić information content (AvgIpc) is 2.39. The third-order valence-corrected chi connectivity index (χ3v) is 4.61. The first-order valence-electron chi connectivity index (χ1n) is 7.16. The molecule has 0 aromatic heterocycles. The summed E-state index contributed by atoms with van der Waals surface area (Å²) in [6.07, 6.45) is 0. The van der Waals surface area contributed by atoms with Gasteiger partial charge in [0.05, 0.1) is 11.5 Å². The molecule has 4 nitrogen and oxygen atoms in total. The van der Waals surface area contributed by atoms with Crippen molar-refractivity contribution < 1.29 is 13.2 Å². The van der Waals surface area contributed by atoms with Gasteiger partial charge in [0, 0.05) is 5.69 Å². The fraction of sp³-hybridized carbons (Fsp3) is 0.294. The predicted octanol–water partition coefficient (Wildman–Crippen LogP) is 3.81. The van der Waals surface area contributed by atoms with Crippen molar-refractivity contribution in [2.45, 2.75) is 32.6 Å². The van der Waals surface area contributed by atoms with E-state index in [0.29, 0.717) is 18.0 Å². The Hall–Kier alpha value is -2.01. The molecule has 0 atom stereocenters. The van der Waals surface area contributed by atoms with Crippen LogP contribution in [-0.4, -0.2) is 15.0 Å². The molecule has 118 valence electrons. The predicted molar refractivity (Wildman–Crippen MR) is 89.1 cm³/mol. The van der Waals surface area contributed by atoms with Crippen LogP contribution in [0.25, 0.3) is 0 Å². The topological polar surface area (TPSA) is 55.4 Å². The summed E-state index contributed by atoms with van der Waals surface area (Å²) in [4.78, 5) is 0.229. The molecule has 0 saturated carbocycles. The number of rotatable bonds is 5. The first-order chi connectivity index (χ1) is 10.3. The Balaban J connectivity index is 2.32. The van der Waals surface area contributed by atoms with Crippen molar-refractivity contribution in [2.24, 2.45) is 0 Å². The molecular formula is C17H21NO3S. The van der Waals surface area contributed by atoms with E-state index in [2.05, 4.69) is 4.72 Å². The molecule has 2 aromatic carbocycles. The van der Waals surface area contributed by atoms with Crippen molar-refractivity contribution in [1.29, 1.82) is 0 Å². The summed E-state index contributed by atoms with van der Waals surface area (Å²) in [5.41, 5.74) is 3.40. The number of benzene rings is 2. The highest BCUT2D eigenvalue weighted by atomic mass is 32.2. The van der Waals surface area contributed by atoms with E-state index in [-0.39, 0.29) is 4.90 Å². The second-order valence-corrected chi connectivity index (χ2v) is 7.02. The Morgan fingerprint density at radius 3 is 2.18 bits per heavy atom. The van der Waals surface area contributed by atoms with E-state index in [0.717, 1.165) is 16.7 Å². The van der Waals surface area contributed by atoms with Gasteiger partial charge in [0.1, 0.15) is 5.75 Å². The summed E-state index contributed by atoms with van der Waals surface area (Å²) < 4.78 is 33.1. The summed E-state index contributed by atoms with van der Waals surface area (Å²) in [7, 11) is -3.61. The third-order valence-electron chi connectivity index (χ3n) is 3.23. The maximum Gasteiger partial charge on any atom is 0.261 e. The maximum absolute atomic E-state index is 12.5. The van der Waals surface area contributed by atoms with Crippen LogP contribution in [0.3, 0.4) is 0 Å². The van der Waals surface area contributed by atoms with Gasteiger partial charge in [-0.2, -0.15) is 0 Å². The summed E-state index contributed by atoms with van der Waals surface area (Å²) in [6.45, 7) is 8.15. The molecular weight excluding hydrogens is 298 g/mol. The van der Waals surface area contributed by atoms with Crippen LogP contribution >= 0.6 is 0 Å². The van der Waals surface area contributed by atoms with Crippen molar-refractivity contribution in [1.82, 2.24) is 0 Å². The number of sulfonamides is 1.